The standard InChI is InChI=1S/2C14H21OP.C7H8.3BF4.Rh/c2*1-14(10-6-3-7-11-14)16-13-9-5-4-8-12(13)15-2;1-2-7-4-3-6(1)5-7;3*2-1(3,4)5;/h2*4-5,8-9,16H,3,6-7,10-11H2,1-2H3;1-4,6-7H,5H2;;;;/q;;;3*-1;+3. The Hall–Kier alpha value is -1.64. The van der Waals surface area contributed by atoms with Gasteiger partial charge in [-0.3, -0.25) is 0 Å². The molecule has 2 fully saturated rings. The second-order valence-electron chi connectivity index (χ2n) is 13.7. The first-order chi connectivity index (χ1) is 24.9. The molecule has 314 valence electrons. The average Bonchev–Trinajstić information content (AvgIpc) is 3.71. The molecule has 0 aromatic heterocycles. The summed E-state index contributed by atoms with van der Waals surface area (Å²) in [7, 11) is -12.7. The maximum absolute atomic E-state index is 9.75. The molecule has 2 aromatic carbocycles. The largest absolute Gasteiger partial charge is 3.00 e. The van der Waals surface area contributed by atoms with E-state index in [9.17, 15) is 51.8 Å². The topological polar surface area (TPSA) is 18.5 Å². The van der Waals surface area contributed by atoms with Gasteiger partial charge in [-0.25, -0.2) is 0 Å². The molecule has 0 N–H and O–H groups in total. The van der Waals surface area contributed by atoms with Crippen LogP contribution in [0.1, 0.15) is 84.5 Å². The number of ether oxygens (including phenoxy) is 2. The van der Waals surface area contributed by atoms with Crippen LogP contribution < -0.4 is 20.1 Å². The van der Waals surface area contributed by atoms with Gasteiger partial charge in [0.1, 0.15) is 11.5 Å². The summed E-state index contributed by atoms with van der Waals surface area (Å²) in [6.45, 7) is 4.88. The number of methoxy groups -OCH3 is 2. The average molecular weight is 928 g/mol. The van der Waals surface area contributed by atoms with E-state index >= 15 is 0 Å². The number of hydrogen-bond acceptors (Lipinski definition) is 2. The Morgan fingerprint density at radius 1 is 0.491 bits per heavy atom. The van der Waals surface area contributed by atoms with Gasteiger partial charge in [-0.05, 0) is 66.4 Å². The molecule has 0 saturated heterocycles. The summed E-state index contributed by atoms with van der Waals surface area (Å²) < 4.78 is 128. The zero-order valence-corrected chi connectivity index (χ0v) is 34.9. The van der Waals surface area contributed by atoms with Gasteiger partial charge >= 0.3 is 41.2 Å². The minimum atomic E-state index is -6.00. The van der Waals surface area contributed by atoms with Crippen LogP contribution in [-0.2, 0) is 19.5 Å². The zero-order chi connectivity index (χ0) is 41.1. The molecule has 2 bridgehead atoms. The van der Waals surface area contributed by atoms with Gasteiger partial charge in [0.15, 0.2) is 0 Å². The van der Waals surface area contributed by atoms with Gasteiger partial charge in [0.25, 0.3) is 0 Å². The molecule has 0 heterocycles. The van der Waals surface area contributed by atoms with E-state index < -0.39 is 21.8 Å². The van der Waals surface area contributed by atoms with Gasteiger partial charge in [-0.2, -0.15) is 0 Å². The minimum Gasteiger partial charge on any atom is -0.496 e. The predicted molar refractivity (Wildman–Crippen MR) is 205 cm³/mol. The molecule has 0 radical (unpaired) electrons. The Morgan fingerprint density at radius 3 is 0.964 bits per heavy atom. The van der Waals surface area contributed by atoms with Crippen LogP contribution in [0.15, 0.2) is 72.8 Å². The van der Waals surface area contributed by atoms with Gasteiger partial charge in [0, 0.05) is 10.6 Å². The van der Waals surface area contributed by atoms with Crippen LogP contribution in [0.4, 0.5) is 51.8 Å². The molecule has 0 spiro atoms. The second kappa shape index (κ2) is 25.7. The van der Waals surface area contributed by atoms with E-state index in [1.165, 1.54) is 81.2 Å². The monoisotopic (exact) mass is 928 g/mol. The maximum atomic E-state index is 9.75. The number of rotatable bonds is 6. The Morgan fingerprint density at radius 2 is 0.745 bits per heavy atom. The van der Waals surface area contributed by atoms with Crippen LogP contribution >= 0.6 is 17.2 Å². The van der Waals surface area contributed by atoms with E-state index in [0.717, 1.165) is 40.5 Å². The van der Waals surface area contributed by atoms with Crippen molar-refractivity contribution in [1.29, 1.82) is 0 Å². The summed E-state index contributed by atoms with van der Waals surface area (Å²) in [5.41, 5.74) is 0. The zero-order valence-electron chi connectivity index (χ0n) is 31.3. The quantitative estimate of drug-likeness (QED) is 0.124. The van der Waals surface area contributed by atoms with Gasteiger partial charge in [0.05, 0.1) is 14.2 Å². The number of halogens is 12. The van der Waals surface area contributed by atoms with Crippen molar-refractivity contribution in [1.82, 2.24) is 0 Å². The number of fused-ring (bicyclic) bond motifs is 2. The van der Waals surface area contributed by atoms with Crippen molar-refractivity contribution in [3.8, 4) is 11.5 Å². The molecule has 0 aliphatic heterocycles. The molecular formula is C35H50B3F12O2P2Rh. The molecule has 55 heavy (non-hydrogen) atoms. The van der Waals surface area contributed by atoms with Crippen molar-refractivity contribution >= 4 is 49.5 Å². The molecule has 2 unspecified atom stereocenters. The normalized spacial score (nSPS) is 20.5. The summed E-state index contributed by atoms with van der Waals surface area (Å²) in [6, 6.07) is 16.9. The number of allylic oxidation sites excluding steroid dienone is 4. The fourth-order valence-electron chi connectivity index (χ4n) is 6.39. The first kappa shape index (κ1) is 53.4. The summed E-state index contributed by atoms with van der Waals surface area (Å²) in [5, 5.41) is 3.84. The first-order valence-electron chi connectivity index (χ1n) is 17.7. The molecule has 20 heteroatoms. The Balaban J connectivity index is 0.000000690. The van der Waals surface area contributed by atoms with Gasteiger partial charge in [-0.1, -0.05) is 130 Å². The van der Waals surface area contributed by atoms with Crippen molar-refractivity contribution < 1.29 is 80.7 Å². The smallest absolute Gasteiger partial charge is 0.496 e. The van der Waals surface area contributed by atoms with E-state index in [0.29, 0.717) is 10.3 Å². The summed E-state index contributed by atoms with van der Waals surface area (Å²) in [4.78, 5) is 0. The van der Waals surface area contributed by atoms with Gasteiger partial charge in [-0.15, -0.1) is 0 Å². The van der Waals surface area contributed by atoms with Crippen LogP contribution in [0.3, 0.4) is 0 Å². The van der Waals surface area contributed by atoms with Crippen LogP contribution in [0.25, 0.3) is 0 Å². The number of hydrogen-bond donors (Lipinski definition) is 0. The molecular weight excluding hydrogens is 878 g/mol. The van der Waals surface area contributed by atoms with Crippen LogP contribution in [0.5, 0.6) is 11.5 Å². The van der Waals surface area contributed by atoms with E-state index in [1.807, 2.05) is 0 Å². The maximum Gasteiger partial charge on any atom is 3.00 e. The SMILES string of the molecule is C1=CC2C=CC1C2.COc1ccccc1PC1(C)CCCCC1.COc1ccccc1PC1(C)CCCCC1.F[B-](F)(F)F.F[B-](F)(F)F.F[B-](F)(F)F.[Rh+3]. The van der Waals surface area contributed by atoms with Crippen molar-refractivity contribution in [3.63, 3.8) is 0 Å². The van der Waals surface area contributed by atoms with Crippen molar-refractivity contribution in [2.45, 2.75) is 94.8 Å². The van der Waals surface area contributed by atoms with E-state index in [1.54, 1.807) is 14.2 Å². The molecule has 2 atom stereocenters. The molecule has 0 amide bonds. The van der Waals surface area contributed by atoms with E-state index in [2.05, 4.69) is 86.7 Å². The van der Waals surface area contributed by atoms with Crippen LogP contribution in [-0.4, -0.2) is 46.3 Å². The fourth-order valence-corrected chi connectivity index (χ4v) is 9.87. The Bertz CT molecular complexity index is 1260. The second-order valence-corrected chi connectivity index (χ2v) is 17.7. The summed E-state index contributed by atoms with van der Waals surface area (Å²) >= 11 is 0. The number of para-hydroxylation sites is 2. The molecule has 2 saturated carbocycles. The minimum absolute atomic E-state index is 0. The summed E-state index contributed by atoms with van der Waals surface area (Å²) in [6.07, 6.45) is 24.5. The van der Waals surface area contributed by atoms with Crippen molar-refractivity contribution in [2.24, 2.45) is 11.8 Å². The number of benzene rings is 2. The Labute approximate surface area is 334 Å². The van der Waals surface area contributed by atoms with Crippen LogP contribution in [0.2, 0.25) is 0 Å². The third-order valence-electron chi connectivity index (χ3n) is 8.76. The molecule has 4 aliphatic rings. The van der Waals surface area contributed by atoms with E-state index in [4.69, 9.17) is 9.47 Å². The third kappa shape index (κ3) is 28.4. The van der Waals surface area contributed by atoms with Crippen molar-refractivity contribution in [3.05, 3.63) is 72.8 Å². The first-order valence-corrected chi connectivity index (χ1v) is 19.7. The van der Waals surface area contributed by atoms with E-state index in [-0.39, 0.29) is 19.5 Å². The molecule has 6 rings (SSSR count). The van der Waals surface area contributed by atoms with Crippen molar-refractivity contribution in [2.75, 3.05) is 14.2 Å². The third-order valence-corrected chi connectivity index (χ3v) is 12.3. The fraction of sp³-hybridized carbons (Fsp3) is 0.543. The predicted octanol–water partition coefficient (Wildman–Crippen LogP) is 13.1. The molecule has 2 nitrogen and oxygen atoms in total. The Kier molecular flexibility index (Phi) is 24.9. The molecule has 2 aromatic rings. The van der Waals surface area contributed by atoms with Crippen LogP contribution in [0, 0.1) is 11.8 Å². The van der Waals surface area contributed by atoms with Gasteiger partial charge < -0.3 is 61.3 Å². The molecule has 4 aliphatic carbocycles. The van der Waals surface area contributed by atoms with Gasteiger partial charge in [0.2, 0.25) is 0 Å². The summed E-state index contributed by atoms with van der Waals surface area (Å²) in [5.74, 6) is 3.75.